The van der Waals surface area contributed by atoms with E-state index in [2.05, 4.69) is 5.32 Å². The summed E-state index contributed by atoms with van der Waals surface area (Å²) in [5.41, 5.74) is 5.14. The van der Waals surface area contributed by atoms with E-state index in [-0.39, 0.29) is 11.7 Å². The summed E-state index contributed by atoms with van der Waals surface area (Å²) in [6.07, 6.45) is 2.77. The zero-order chi connectivity index (χ0) is 9.40. The van der Waals surface area contributed by atoms with Crippen molar-refractivity contribution in [2.45, 2.75) is 32.6 Å². The Morgan fingerprint density at radius 3 is 2.67 bits per heavy atom. The molecular weight excluding hydrogens is 154 g/mol. The lowest BCUT2D eigenvalue weighted by molar-refractivity contribution is -0.121. The zero-order valence-corrected chi connectivity index (χ0v) is 7.52. The molecule has 0 saturated carbocycles. The molecule has 0 radical (unpaired) electrons. The van der Waals surface area contributed by atoms with Gasteiger partial charge in [-0.15, -0.1) is 0 Å². The van der Waals surface area contributed by atoms with Gasteiger partial charge in [0.2, 0.25) is 5.91 Å². The maximum atomic E-state index is 10.9. The average molecular weight is 171 g/mol. The number of amides is 1. The lowest BCUT2D eigenvalue weighted by Gasteiger charge is -2.02. The lowest BCUT2D eigenvalue weighted by Crippen LogP contribution is -2.24. The second-order valence-electron chi connectivity index (χ2n) is 2.73. The van der Waals surface area contributed by atoms with Crippen LogP contribution in [0.25, 0.3) is 0 Å². The molecule has 0 unspecified atom stereocenters. The molecule has 4 nitrogen and oxygen atoms in total. The Morgan fingerprint density at radius 1 is 1.50 bits per heavy atom. The summed E-state index contributed by atoms with van der Waals surface area (Å²) in [6.45, 7) is 2.59. The van der Waals surface area contributed by atoms with E-state index in [0.717, 1.165) is 12.8 Å². The molecule has 4 N–H and O–H groups in total. The number of nitrogens with two attached hydrogens (primary N) is 1. The van der Waals surface area contributed by atoms with Gasteiger partial charge in [-0.3, -0.25) is 10.2 Å². The second-order valence-corrected chi connectivity index (χ2v) is 2.73. The van der Waals surface area contributed by atoms with Crippen LogP contribution in [0.2, 0.25) is 0 Å². The highest BCUT2D eigenvalue weighted by atomic mass is 16.1. The van der Waals surface area contributed by atoms with Crippen molar-refractivity contribution in [1.29, 1.82) is 5.41 Å². The largest absolute Gasteiger partial charge is 0.388 e. The normalized spacial score (nSPS) is 9.42. The first kappa shape index (κ1) is 10.9. The molecule has 0 aliphatic rings. The minimum absolute atomic E-state index is 0.0843. The number of hydrogen-bond donors (Lipinski definition) is 3. The van der Waals surface area contributed by atoms with Crippen LogP contribution in [0.3, 0.4) is 0 Å². The molecule has 0 aliphatic carbocycles. The number of rotatable bonds is 6. The summed E-state index contributed by atoms with van der Waals surface area (Å²) in [5.74, 6) is 0.265. The van der Waals surface area contributed by atoms with Crippen LogP contribution in [0.15, 0.2) is 0 Å². The van der Waals surface area contributed by atoms with E-state index in [9.17, 15) is 4.79 Å². The van der Waals surface area contributed by atoms with Crippen LogP contribution < -0.4 is 11.1 Å². The summed E-state index contributed by atoms with van der Waals surface area (Å²) < 4.78 is 0. The highest BCUT2D eigenvalue weighted by Crippen LogP contribution is 1.88. The molecule has 4 heteroatoms. The maximum absolute atomic E-state index is 10.9. The Hall–Kier alpha value is -1.06. The Labute approximate surface area is 73.0 Å². The fourth-order valence-corrected chi connectivity index (χ4v) is 0.822. The highest BCUT2D eigenvalue weighted by Gasteiger charge is 1.97. The van der Waals surface area contributed by atoms with Crippen molar-refractivity contribution in [1.82, 2.24) is 5.32 Å². The first-order valence-electron chi connectivity index (χ1n) is 4.26. The molecule has 0 aromatic rings. The first-order chi connectivity index (χ1) is 5.66. The minimum Gasteiger partial charge on any atom is -0.388 e. The van der Waals surface area contributed by atoms with Crippen LogP contribution in [0, 0.1) is 5.41 Å². The van der Waals surface area contributed by atoms with Gasteiger partial charge in [0.05, 0.1) is 5.84 Å². The highest BCUT2D eigenvalue weighted by molar-refractivity contribution is 5.77. The van der Waals surface area contributed by atoms with E-state index in [4.69, 9.17) is 11.1 Å². The Balaban J connectivity index is 3.19. The summed E-state index contributed by atoms with van der Waals surface area (Å²) in [4.78, 5) is 10.9. The molecule has 0 aromatic carbocycles. The molecule has 0 saturated heterocycles. The Kier molecular flexibility index (Phi) is 6.05. The third kappa shape index (κ3) is 7.05. The van der Waals surface area contributed by atoms with Crippen LogP contribution in [0.1, 0.15) is 32.6 Å². The summed E-state index contributed by atoms with van der Waals surface area (Å²) >= 11 is 0. The summed E-state index contributed by atoms with van der Waals surface area (Å²) in [5, 5.41) is 9.67. The number of carbonyl (C=O) groups is 1. The predicted molar refractivity (Wildman–Crippen MR) is 49.1 cm³/mol. The second kappa shape index (κ2) is 6.64. The molecule has 0 fully saturated rings. The molecule has 0 atom stereocenters. The van der Waals surface area contributed by atoms with Crippen molar-refractivity contribution in [2.75, 3.05) is 6.54 Å². The number of nitrogens with one attached hydrogen (secondary N) is 2. The zero-order valence-electron chi connectivity index (χ0n) is 7.52. The van der Waals surface area contributed by atoms with Gasteiger partial charge in [-0.1, -0.05) is 6.92 Å². The van der Waals surface area contributed by atoms with E-state index in [0.29, 0.717) is 19.4 Å². The molecular formula is C8H17N3O. The molecule has 70 valence electrons. The third-order valence-corrected chi connectivity index (χ3v) is 1.42. The van der Waals surface area contributed by atoms with Gasteiger partial charge in [-0.25, -0.2) is 0 Å². The van der Waals surface area contributed by atoms with Crippen LogP contribution in [-0.2, 0) is 4.79 Å². The molecule has 0 bridgehead atoms. The monoisotopic (exact) mass is 171 g/mol. The molecule has 0 aliphatic heterocycles. The molecule has 0 aromatic heterocycles. The van der Waals surface area contributed by atoms with Gasteiger partial charge in [0.25, 0.3) is 0 Å². The summed E-state index contributed by atoms with van der Waals surface area (Å²) in [7, 11) is 0. The van der Waals surface area contributed by atoms with Gasteiger partial charge in [-0.05, 0) is 12.8 Å². The maximum Gasteiger partial charge on any atom is 0.219 e. The van der Waals surface area contributed by atoms with E-state index < -0.39 is 0 Å². The van der Waals surface area contributed by atoms with Gasteiger partial charge in [-0.2, -0.15) is 0 Å². The van der Waals surface area contributed by atoms with Crippen molar-refractivity contribution >= 4 is 11.7 Å². The molecule has 0 spiro atoms. The van der Waals surface area contributed by atoms with Crippen LogP contribution in [-0.4, -0.2) is 18.3 Å². The van der Waals surface area contributed by atoms with Gasteiger partial charge >= 0.3 is 0 Å². The summed E-state index contributed by atoms with van der Waals surface area (Å²) in [6, 6.07) is 0. The van der Waals surface area contributed by atoms with Crippen molar-refractivity contribution in [3.63, 3.8) is 0 Å². The number of hydrogen-bond acceptors (Lipinski definition) is 2. The Morgan fingerprint density at radius 2 is 2.17 bits per heavy atom. The molecule has 1 amide bonds. The van der Waals surface area contributed by atoms with Crippen LogP contribution in [0.4, 0.5) is 0 Å². The van der Waals surface area contributed by atoms with Crippen molar-refractivity contribution in [3.05, 3.63) is 0 Å². The topological polar surface area (TPSA) is 79.0 Å². The lowest BCUT2D eigenvalue weighted by atomic mass is 10.3. The van der Waals surface area contributed by atoms with Gasteiger partial charge in [0, 0.05) is 19.4 Å². The first-order valence-corrected chi connectivity index (χ1v) is 4.26. The van der Waals surface area contributed by atoms with Crippen molar-refractivity contribution in [3.8, 4) is 0 Å². The third-order valence-electron chi connectivity index (χ3n) is 1.42. The van der Waals surface area contributed by atoms with Crippen LogP contribution >= 0.6 is 0 Å². The van der Waals surface area contributed by atoms with Gasteiger partial charge in [0.15, 0.2) is 0 Å². The number of amidine groups is 1. The van der Waals surface area contributed by atoms with Crippen molar-refractivity contribution in [2.24, 2.45) is 5.73 Å². The predicted octanol–water partition coefficient (Wildman–Crippen LogP) is 0.619. The SMILES string of the molecule is CCCC(=O)NCCCC(=N)N. The van der Waals surface area contributed by atoms with E-state index in [1.54, 1.807) is 0 Å². The smallest absolute Gasteiger partial charge is 0.219 e. The average Bonchev–Trinajstić information content (AvgIpc) is 1.98. The van der Waals surface area contributed by atoms with Gasteiger partial charge in [0.1, 0.15) is 0 Å². The molecule has 0 rings (SSSR count). The molecule has 12 heavy (non-hydrogen) atoms. The standard InChI is InChI=1S/C8H17N3O/c1-2-4-8(12)11-6-3-5-7(9)10/h2-6H2,1H3,(H3,9,10)(H,11,12). The number of carbonyl (C=O) groups excluding carboxylic acids is 1. The van der Waals surface area contributed by atoms with E-state index >= 15 is 0 Å². The van der Waals surface area contributed by atoms with Crippen LogP contribution in [0.5, 0.6) is 0 Å². The fraction of sp³-hybridized carbons (Fsp3) is 0.750. The van der Waals surface area contributed by atoms with Gasteiger partial charge < -0.3 is 11.1 Å². The molecule has 0 heterocycles. The quantitative estimate of drug-likeness (QED) is 0.311. The fourth-order valence-electron chi connectivity index (χ4n) is 0.822. The van der Waals surface area contributed by atoms with E-state index in [1.165, 1.54) is 0 Å². The minimum atomic E-state index is 0.0843. The van der Waals surface area contributed by atoms with E-state index in [1.807, 2.05) is 6.92 Å². The van der Waals surface area contributed by atoms with Crippen molar-refractivity contribution < 1.29 is 4.79 Å². The Bertz CT molecular complexity index is 156.